The number of aryl methyl sites for hydroxylation is 3. The Bertz CT molecular complexity index is 1720. The summed E-state index contributed by atoms with van der Waals surface area (Å²) < 4.78 is 12.2. The van der Waals surface area contributed by atoms with Crippen LogP contribution < -0.4 is 9.64 Å². The van der Waals surface area contributed by atoms with E-state index in [1.54, 1.807) is 44.2 Å². The second-order valence-electron chi connectivity index (χ2n) is 9.17. The zero-order valence-corrected chi connectivity index (χ0v) is 23.1. The Labute approximate surface area is 233 Å². The first-order chi connectivity index (χ1) is 19.2. The number of methoxy groups -OCH3 is 1. The third kappa shape index (κ3) is 4.34. The largest absolute Gasteiger partial charge is 0.505 e. The van der Waals surface area contributed by atoms with Crippen molar-refractivity contribution >= 4 is 45.5 Å². The predicted molar refractivity (Wildman–Crippen MR) is 150 cm³/mol. The Morgan fingerprint density at radius 3 is 2.52 bits per heavy atom. The summed E-state index contributed by atoms with van der Waals surface area (Å²) in [7, 11) is 1.25. The highest BCUT2D eigenvalue weighted by molar-refractivity contribution is 7.17. The Morgan fingerprint density at radius 2 is 1.88 bits per heavy atom. The molecule has 204 valence electrons. The van der Waals surface area contributed by atoms with Crippen LogP contribution in [0.2, 0.25) is 0 Å². The van der Waals surface area contributed by atoms with Crippen molar-refractivity contribution in [3.63, 3.8) is 0 Å². The zero-order chi connectivity index (χ0) is 28.7. The second kappa shape index (κ2) is 10.4. The summed E-state index contributed by atoms with van der Waals surface area (Å²) in [4.78, 5) is 49.8. The van der Waals surface area contributed by atoms with Gasteiger partial charge in [-0.1, -0.05) is 42.2 Å². The third-order valence-corrected chi connectivity index (χ3v) is 7.82. The third-order valence-electron chi connectivity index (χ3n) is 6.68. The molecule has 0 spiro atoms. The van der Waals surface area contributed by atoms with Gasteiger partial charge in [0.25, 0.3) is 5.78 Å². The SMILES string of the molecule is C=CCOc1ccc(C2C(=C(O)c3nc4c(C)cccn4c3C)C(=O)C(=O)N2c2nc(C)c(C(=O)OC)s2)cc1. The molecule has 1 aromatic carbocycles. The van der Waals surface area contributed by atoms with Gasteiger partial charge in [0.15, 0.2) is 10.9 Å². The lowest BCUT2D eigenvalue weighted by Gasteiger charge is -2.23. The maximum absolute atomic E-state index is 13.6. The van der Waals surface area contributed by atoms with Crippen LogP contribution in [0.1, 0.15) is 43.9 Å². The molecule has 10 nitrogen and oxygen atoms in total. The Hall–Kier alpha value is -4.77. The molecule has 1 saturated heterocycles. The number of aliphatic hydroxyl groups excluding tert-OH is 1. The normalized spacial score (nSPS) is 16.5. The van der Waals surface area contributed by atoms with Crippen molar-refractivity contribution in [1.29, 1.82) is 0 Å². The fourth-order valence-corrected chi connectivity index (χ4v) is 5.70. The number of pyridine rings is 1. The standard InChI is InChI=1S/C29H26N4O6S/c1-6-14-39-19-11-9-18(10-12-19)22-20(23(34)21-17(4)32-13-7-8-15(2)26(32)31-21)24(35)27(36)33(22)29-30-16(3)25(40-29)28(37)38-5/h6-13,22,34H,1,14H2,2-5H3. The highest BCUT2D eigenvalue weighted by Crippen LogP contribution is 2.44. The fraction of sp³-hybridized carbons (Fsp3) is 0.207. The first-order valence-corrected chi connectivity index (χ1v) is 13.1. The van der Waals surface area contributed by atoms with Crippen molar-refractivity contribution in [2.75, 3.05) is 18.6 Å². The van der Waals surface area contributed by atoms with E-state index in [0.717, 1.165) is 16.9 Å². The fourth-order valence-electron chi connectivity index (χ4n) is 4.69. The molecule has 0 radical (unpaired) electrons. The predicted octanol–water partition coefficient (Wildman–Crippen LogP) is 4.69. The molecule has 1 fully saturated rings. The van der Waals surface area contributed by atoms with Gasteiger partial charge in [-0.15, -0.1) is 0 Å². The van der Waals surface area contributed by atoms with E-state index in [-0.39, 0.29) is 21.3 Å². The van der Waals surface area contributed by atoms with Crippen molar-refractivity contribution in [3.05, 3.63) is 93.9 Å². The highest BCUT2D eigenvalue weighted by atomic mass is 32.1. The quantitative estimate of drug-likeness (QED) is 0.114. The van der Waals surface area contributed by atoms with Crippen molar-refractivity contribution in [2.24, 2.45) is 0 Å². The monoisotopic (exact) mass is 558 g/mol. The molecule has 11 heteroatoms. The van der Waals surface area contributed by atoms with E-state index >= 15 is 0 Å². The summed E-state index contributed by atoms with van der Waals surface area (Å²) in [5.41, 5.74) is 3.03. The zero-order valence-electron chi connectivity index (χ0n) is 22.3. The lowest BCUT2D eigenvalue weighted by atomic mass is 9.96. The number of imidazole rings is 1. The molecule has 1 amide bonds. The molecule has 0 saturated carbocycles. The van der Waals surface area contributed by atoms with E-state index in [1.165, 1.54) is 12.0 Å². The smallest absolute Gasteiger partial charge is 0.350 e. The minimum atomic E-state index is -1.05. The van der Waals surface area contributed by atoms with Crippen LogP contribution in [-0.4, -0.2) is 50.9 Å². The molecule has 5 rings (SSSR count). The number of aromatic nitrogens is 3. The number of thiazole rings is 1. The number of hydrogen-bond donors (Lipinski definition) is 1. The number of fused-ring (bicyclic) bond motifs is 1. The molecule has 1 unspecified atom stereocenters. The van der Waals surface area contributed by atoms with Gasteiger partial charge in [0, 0.05) is 6.20 Å². The number of esters is 1. The number of carbonyl (C=O) groups is 3. The van der Waals surface area contributed by atoms with E-state index in [0.29, 0.717) is 35.0 Å². The van der Waals surface area contributed by atoms with Gasteiger partial charge < -0.3 is 19.0 Å². The number of ketones is 1. The van der Waals surface area contributed by atoms with Crippen LogP contribution in [0.4, 0.5) is 5.13 Å². The molecule has 1 N–H and O–H groups in total. The van der Waals surface area contributed by atoms with Gasteiger partial charge in [-0.25, -0.2) is 14.8 Å². The molecule has 3 aromatic heterocycles. The number of anilines is 1. The average molecular weight is 559 g/mol. The van der Waals surface area contributed by atoms with Crippen LogP contribution in [0, 0.1) is 20.8 Å². The van der Waals surface area contributed by atoms with E-state index < -0.39 is 29.5 Å². The van der Waals surface area contributed by atoms with E-state index in [9.17, 15) is 19.5 Å². The van der Waals surface area contributed by atoms with Crippen LogP contribution in [-0.2, 0) is 14.3 Å². The Balaban J connectivity index is 1.72. The highest BCUT2D eigenvalue weighted by Gasteiger charge is 2.49. The summed E-state index contributed by atoms with van der Waals surface area (Å²) >= 11 is 0.934. The first-order valence-electron chi connectivity index (χ1n) is 12.3. The molecule has 0 bridgehead atoms. The molecule has 40 heavy (non-hydrogen) atoms. The van der Waals surface area contributed by atoms with Gasteiger partial charge in [-0.2, -0.15) is 0 Å². The van der Waals surface area contributed by atoms with Gasteiger partial charge in [0.1, 0.15) is 28.6 Å². The van der Waals surface area contributed by atoms with Crippen molar-refractivity contribution < 1.29 is 29.0 Å². The van der Waals surface area contributed by atoms with Gasteiger partial charge in [-0.05, 0) is 50.1 Å². The average Bonchev–Trinajstić information content (AvgIpc) is 3.59. The lowest BCUT2D eigenvalue weighted by molar-refractivity contribution is -0.132. The summed E-state index contributed by atoms with van der Waals surface area (Å²) in [6, 6.07) is 9.52. The molecular formula is C29H26N4O6S. The van der Waals surface area contributed by atoms with Crippen LogP contribution in [0.5, 0.6) is 5.75 Å². The van der Waals surface area contributed by atoms with Crippen molar-refractivity contribution in [3.8, 4) is 5.75 Å². The molecule has 1 atom stereocenters. The maximum atomic E-state index is 13.6. The van der Waals surface area contributed by atoms with Crippen LogP contribution in [0.15, 0.2) is 60.8 Å². The number of Topliss-reactive ketones (excluding diaryl/α,β-unsaturated/α-hetero) is 1. The lowest BCUT2D eigenvalue weighted by Crippen LogP contribution is -2.29. The summed E-state index contributed by atoms with van der Waals surface area (Å²) in [6.07, 6.45) is 3.43. The molecule has 1 aliphatic rings. The minimum absolute atomic E-state index is 0.124. The van der Waals surface area contributed by atoms with Gasteiger partial charge in [-0.3, -0.25) is 14.5 Å². The molecular weight excluding hydrogens is 532 g/mol. The van der Waals surface area contributed by atoms with Crippen LogP contribution >= 0.6 is 11.3 Å². The number of hydrogen-bond acceptors (Lipinski definition) is 9. The minimum Gasteiger partial charge on any atom is -0.505 e. The second-order valence-corrected chi connectivity index (χ2v) is 10.1. The summed E-state index contributed by atoms with van der Waals surface area (Å²) in [5.74, 6) is -2.23. The molecule has 4 heterocycles. The van der Waals surface area contributed by atoms with Crippen LogP contribution in [0.25, 0.3) is 11.4 Å². The molecule has 0 aliphatic carbocycles. The Morgan fingerprint density at radius 1 is 1.15 bits per heavy atom. The van der Waals surface area contributed by atoms with Gasteiger partial charge >= 0.3 is 11.9 Å². The number of carbonyl (C=O) groups excluding carboxylic acids is 3. The molecule has 1 aliphatic heterocycles. The van der Waals surface area contributed by atoms with Crippen molar-refractivity contribution in [2.45, 2.75) is 26.8 Å². The van der Waals surface area contributed by atoms with E-state index in [1.807, 2.05) is 29.7 Å². The van der Waals surface area contributed by atoms with Gasteiger partial charge in [0.2, 0.25) is 0 Å². The van der Waals surface area contributed by atoms with Crippen LogP contribution in [0.3, 0.4) is 0 Å². The number of benzene rings is 1. The Kier molecular flexibility index (Phi) is 6.99. The van der Waals surface area contributed by atoms with Gasteiger partial charge in [0.05, 0.1) is 30.1 Å². The number of ether oxygens (including phenoxy) is 2. The van der Waals surface area contributed by atoms with Crippen molar-refractivity contribution in [1.82, 2.24) is 14.4 Å². The number of rotatable bonds is 7. The topological polar surface area (TPSA) is 123 Å². The summed E-state index contributed by atoms with van der Waals surface area (Å²) in [5, 5.41) is 11.7. The summed E-state index contributed by atoms with van der Waals surface area (Å²) in [6.45, 7) is 9.23. The molecule has 4 aromatic rings. The maximum Gasteiger partial charge on any atom is 0.350 e. The van der Waals surface area contributed by atoms with E-state index in [2.05, 4.69) is 16.5 Å². The first kappa shape index (κ1) is 26.8. The van der Waals surface area contributed by atoms with E-state index in [4.69, 9.17) is 9.47 Å². The number of nitrogens with zero attached hydrogens (tertiary/aromatic N) is 4. The number of amides is 1. The number of aliphatic hydroxyl groups is 1.